The first-order chi connectivity index (χ1) is 8.24. The minimum atomic E-state index is 1.10. The van der Waals surface area contributed by atoms with Crippen LogP contribution in [0.4, 0.5) is 0 Å². The molecule has 0 unspecified atom stereocenters. The van der Waals surface area contributed by atoms with Crippen molar-refractivity contribution in [2.75, 3.05) is 26.2 Å². The molecule has 1 heterocycles. The van der Waals surface area contributed by atoms with Gasteiger partial charge in [-0.05, 0) is 43.2 Å². The molecule has 0 aliphatic carbocycles. The fraction of sp³-hybridized carbons (Fsp3) is 0.714. The number of hydrogen-bond donors (Lipinski definition) is 0. The third-order valence-electron chi connectivity index (χ3n) is 3.39. The van der Waals surface area contributed by atoms with Crippen LogP contribution in [0.2, 0.25) is 0 Å². The Bertz CT molecular complexity index is 272. The first-order valence-corrected chi connectivity index (χ1v) is 7.62. The van der Waals surface area contributed by atoms with Gasteiger partial charge in [-0.2, -0.15) is 0 Å². The van der Waals surface area contributed by atoms with E-state index >= 15 is 0 Å². The number of nitrogens with zero attached hydrogens (tertiary/aromatic N) is 2. The van der Waals surface area contributed by atoms with Crippen LogP contribution in [0.15, 0.2) is 11.4 Å². The van der Waals surface area contributed by atoms with Gasteiger partial charge in [-0.3, -0.25) is 9.80 Å². The van der Waals surface area contributed by atoms with Crippen LogP contribution in [0.5, 0.6) is 0 Å². The van der Waals surface area contributed by atoms with E-state index in [9.17, 15) is 0 Å². The summed E-state index contributed by atoms with van der Waals surface area (Å²) in [5.41, 5.74) is 1.52. The maximum atomic E-state index is 2.48. The van der Waals surface area contributed by atoms with Crippen LogP contribution >= 0.6 is 11.3 Å². The fourth-order valence-electron chi connectivity index (χ4n) is 1.99. The van der Waals surface area contributed by atoms with Crippen LogP contribution in [0.1, 0.15) is 38.1 Å². The molecule has 1 aromatic heterocycles. The fourth-order valence-corrected chi connectivity index (χ4v) is 2.92. The van der Waals surface area contributed by atoms with Crippen molar-refractivity contribution in [3.8, 4) is 0 Å². The molecule has 0 saturated carbocycles. The Balaban J connectivity index is 2.64. The molecule has 0 spiro atoms. The summed E-state index contributed by atoms with van der Waals surface area (Å²) in [6.07, 6.45) is 0. The summed E-state index contributed by atoms with van der Waals surface area (Å²) in [5.74, 6) is 0. The lowest BCUT2D eigenvalue weighted by molar-refractivity contribution is 0.283. The molecule has 3 heteroatoms. The van der Waals surface area contributed by atoms with Crippen molar-refractivity contribution in [1.82, 2.24) is 9.80 Å². The van der Waals surface area contributed by atoms with Crippen molar-refractivity contribution in [1.29, 1.82) is 0 Å². The number of thiophene rings is 1. The second-order valence-electron chi connectivity index (χ2n) is 4.29. The van der Waals surface area contributed by atoms with Gasteiger partial charge in [0.1, 0.15) is 0 Å². The van der Waals surface area contributed by atoms with E-state index in [4.69, 9.17) is 0 Å². The van der Waals surface area contributed by atoms with Crippen LogP contribution in [0.25, 0.3) is 0 Å². The van der Waals surface area contributed by atoms with Crippen molar-refractivity contribution >= 4 is 11.3 Å². The van der Waals surface area contributed by atoms with E-state index in [1.54, 1.807) is 4.88 Å². The molecule has 1 aromatic rings. The normalized spacial score (nSPS) is 11.6. The van der Waals surface area contributed by atoms with Crippen molar-refractivity contribution in [3.05, 3.63) is 21.9 Å². The summed E-state index contributed by atoms with van der Waals surface area (Å²) in [6, 6.07) is 2.29. The highest BCUT2D eigenvalue weighted by Crippen LogP contribution is 2.20. The molecular formula is C14H26N2S. The Morgan fingerprint density at radius 3 is 1.94 bits per heavy atom. The minimum absolute atomic E-state index is 1.10. The molecular weight excluding hydrogens is 228 g/mol. The Morgan fingerprint density at radius 2 is 1.41 bits per heavy atom. The average molecular weight is 254 g/mol. The van der Waals surface area contributed by atoms with Crippen LogP contribution < -0.4 is 0 Å². The van der Waals surface area contributed by atoms with Crippen LogP contribution in [-0.4, -0.2) is 36.0 Å². The lowest BCUT2D eigenvalue weighted by Gasteiger charge is -2.21. The van der Waals surface area contributed by atoms with Crippen molar-refractivity contribution in [2.45, 2.75) is 40.8 Å². The predicted molar refractivity (Wildman–Crippen MR) is 77.6 cm³/mol. The molecule has 0 aliphatic rings. The van der Waals surface area contributed by atoms with Gasteiger partial charge in [-0.1, -0.05) is 27.7 Å². The molecule has 0 amide bonds. The molecule has 17 heavy (non-hydrogen) atoms. The van der Waals surface area contributed by atoms with Gasteiger partial charge in [0.05, 0.1) is 0 Å². The monoisotopic (exact) mass is 254 g/mol. The van der Waals surface area contributed by atoms with Gasteiger partial charge in [0, 0.05) is 18.0 Å². The maximum Gasteiger partial charge on any atom is 0.0330 e. The molecule has 0 fully saturated rings. The zero-order valence-corrected chi connectivity index (χ0v) is 12.5. The number of hydrogen-bond acceptors (Lipinski definition) is 3. The molecule has 0 saturated heterocycles. The molecule has 0 aliphatic heterocycles. The predicted octanol–water partition coefficient (Wildman–Crippen LogP) is 3.43. The van der Waals surface area contributed by atoms with E-state index < -0.39 is 0 Å². The van der Waals surface area contributed by atoms with Crippen LogP contribution in [0, 0.1) is 0 Å². The summed E-state index contributed by atoms with van der Waals surface area (Å²) in [5, 5.41) is 2.23. The SMILES string of the molecule is CCN(CC)Cc1ccsc1CN(CC)CC. The third kappa shape index (κ3) is 4.41. The van der Waals surface area contributed by atoms with Crippen molar-refractivity contribution in [3.63, 3.8) is 0 Å². The van der Waals surface area contributed by atoms with Gasteiger partial charge in [0.2, 0.25) is 0 Å². The van der Waals surface area contributed by atoms with Gasteiger partial charge in [-0.25, -0.2) is 0 Å². The van der Waals surface area contributed by atoms with Crippen LogP contribution in [-0.2, 0) is 13.1 Å². The molecule has 0 atom stereocenters. The van der Waals surface area contributed by atoms with E-state index in [1.165, 1.54) is 5.56 Å². The van der Waals surface area contributed by atoms with Gasteiger partial charge in [0.15, 0.2) is 0 Å². The topological polar surface area (TPSA) is 6.48 Å². The van der Waals surface area contributed by atoms with E-state index in [0.29, 0.717) is 0 Å². The molecule has 1 rings (SSSR count). The summed E-state index contributed by atoms with van der Waals surface area (Å²) in [4.78, 5) is 6.51. The molecule has 0 N–H and O–H groups in total. The van der Waals surface area contributed by atoms with Gasteiger partial charge < -0.3 is 0 Å². The first-order valence-electron chi connectivity index (χ1n) is 6.74. The van der Waals surface area contributed by atoms with E-state index in [0.717, 1.165) is 39.3 Å². The molecule has 0 bridgehead atoms. The highest BCUT2D eigenvalue weighted by Gasteiger charge is 2.10. The quantitative estimate of drug-likeness (QED) is 0.701. The lowest BCUT2D eigenvalue weighted by atomic mass is 10.2. The molecule has 0 radical (unpaired) electrons. The van der Waals surface area contributed by atoms with Crippen molar-refractivity contribution in [2.24, 2.45) is 0 Å². The Hall–Kier alpha value is -0.380. The standard InChI is InChI=1S/C14H26N2S/c1-5-15(6-2)11-13-9-10-17-14(13)12-16(7-3)8-4/h9-10H,5-8,11-12H2,1-4H3. The second-order valence-corrected chi connectivity index (χ2v) is 5.29. The van der Waals surface area contributed by atoms with Crippen LogP contribution in [0.3, 0.4) is 0 Å². The lowest BCUT2D eigenvalue weighted by Crippen LogP contribution is -2.25. The summed E-state index contributed by atoms with van der Waals surface area (Å²) in [7, 11) is 0. The van der Waals surface area contributed by atoms with E-state index in [1.807, 2.05) is 11.3 Å². The highest BCUT2D eigenvalue weighted by molar-refractivity contribution is 7.10. The number of rotatable bonds is 8. The second kappa shape index (κ2) is 7.85. The summed E-state index contributed by atoms with van der Waals surface area (Å²) >= 11 is 1.90. The zero-order valence-electron chi connectivity index (χ0n) is 11.7. The van der Waals surface area contributed by atoms with Gasteiger partial charge >= 0.3 is 0 Å². The smallest absolute Gasteiger partial charge is 0.0330 e. The summed E-state index contributed by atoms with van der Waals surface area (Å²) in [6.45, 7) is 15.7. The Kier molecular flexibility index (Phi) is 6.78. The Morgan fingerprint density at radius 1 is 0.882 bits per heavy atom. The average Bonchev–Trinajstić information content (AvgIpc) is 2.80. The largest absolute Gasteiger partial charge is 0.300 e. The maximum absolute atomic E-state index is 2.48. The molecule has 2 nitrogen and oxygen atoms in total. The van der Waals surface area contributed by atoms with E-state index in [2.05, 4.69) is 48.9 Å². The molecule has 0 aromatic carbocycles. The van der Waals surface area contributed by atoms with Gasteiger partial charge in [-0.15, -0.1) is 11.3 Å². The minimum Gasteiger partial charge on any atom is -0.300 e. The third-order valence-corrected chi connectivity index (χ3v) is 4.34. The molecule has 98 valence electrons. The summed E-state index contributed by atoms with van der Waals surface area (Å²) < 4.78 is 0. The Labute approximate surface area is 110 Å². The van der Waals surface area contributed by atoms with Gasteiger partial charge in [0.25, 0.3) is 0 Å². The first kappa shape index (κ1) is 14.7. The van der Waals surface area contributed by atoms with Crippen molar-refractivity contribution < 1.29 is 0 Å². The highest BCUT2D eigenvalue weighted by atomic mass is 32.1. The zero-order chi connectivity index (χ0) is 12.7. The van der Waals surface area contributed by atoms with E-state index in [-0.39, 0.29) is 0 Å².